The monoisotopic (exact) mass is 286 g/mol. The molecule has 0 unspecified atom stereocenters. The Balaban J connectivity index is 2.17. The van der Waals surface area contributed by atoms with Gasteiger partial charge in [0.2, 0.25) is 0 Å². The van der Waals surface area contributed by atoms with Crippen LogP contribution in [0.4, 0.5) is 0 Å². The highest BCUT2D eigenvalue weighted by molar-refractivity contribution is 5.28. The molecule has 1 atom stereocenters. The fourth-order valence-electron chi connectivity index (χ4n) is 3.34. The summed E-state index contributed by atoms with van der Waals surface area (Å²) in [5, 5.41) is 0. The minimum Gasteiger partial charge on any atom is -0.360 e. The molecule has 1 aliphatic rings. The minimum absolute atomic E-state index is 0.126. The molecular weight excluding hydrogens is 256 g/mol. The quantitative estimate of drug-likeness (QED) is 0.587. The Morgan fingerprint density at radius 2 is 1.81 bits per heavy atom. The molecule has 21 heavy (non-hydrogen) atoms. The molecule has 1 nitrogen and oxygen atoms in total. The number of benzene rings is 1. The Kier molecular flexibility index (Phi) is 4.93. The SMILES string of the molecule is C=CC1(OC(C)(C)c2ccc([C@H](C)CC)cc2)CCCC1. The van der Waals surface area contributed by atoms with Crippen molar-refractivity contribution >= 4 is 0 Å². The molecule has 2 rings (SSSR count). The van der Waals surface area contributed by atoms with E-state index in [4.69, 9.17) is 4.74 Å². The first kappa shape index (κ1) is 16.3. The van der Waals surface area contributed by atoms with Crippen molar-refractivity contribution in [3.05, 3.63) is 48.0 Å². The summed E-state index contributed by atoms with van der Waals surface area (Å²) in [6, 6.07) is 8.97. The topological polar surface area (TPSA) is 9.23 Å². The molecule has 0 aromatic heterocycles. The van der Waals surface area contributed by atoms with Gasteiger partial charge < -0.3 is 4.74 Å². The van der Waals surface area contributed by atoms with Crippen LogP contribution in [0.5, 0.6) is 0 Å². The third-order valence-electron chi connectivity index (χ3n) is 5.07. The van der Waals surface area contributed by atoms with Crippen LogP contribution in [-0.2, 0) is 10.3 Å². The molecule has 1 heteroatoms. The highest BCUT2D eigenvalue weighted by Crippen LogP contribution is 2.40. The maximum Gasteiger partial charge on any atom is 0.0887 e. The maximum absolute atomic E-state index is 6.53. The largest absolute Gasteiger partial charge is 0.360 e. The third kappa shape index (κ3) is 3.58. The fraction of sp³-hybridized carbons (Fsp3) is 0.600. The molecule has 0 bridgehead atoms. The van der Waals surface area contributed by atoms with Crippen LogP contribution < -0.4 is 0 Å². The molecule has 1 fully saturated rings. The lowest BCUT2D eigenvalue weighted by atomic mass is 9.91. The van der Waals surface area contributed by atoms with E-state index in [-0.39, 0.29) is 11.2 Å². The van der Waals surface area contributed by atoms with E-state index in [0.717, 1.165) is 12.8 Å². The van der Waals surface area contributed by atoms with Gasteiger partial charge in [-0.15, -0.1) is 6.58 Å². The molecule has 1 aromatic rings. The summed E-state index contributed by atoms with van der Waals surface area (Å²) in [5.41, 5.74) is 2.27. The van der Waals surface area contributed by atoms with E-state index in [1.807, 2.05) is 6.08 Å². The first-order valence-corrected chi connectivity index (χ1v) is 8.37. The van der Waals surface area contributed by atoms with Crippen molar-refractivity contribution in [2.45, 2.75) is 76.9 Å². The van der Waals surface area contributed by atoms with Gasteiger partial charge in [-0.2, -0.15) is 0 Å². The van der Waals surface area contributed by atoms with Crippen LogP contribution in [0.2, 0.25) is 0 Å². The first-order chi connectivity index (χ1) is 9.92. The molecule has 0 spiro atoms. The van der Waals surface area contributed by atoms with Crippen molar-refractivity contribution < 1.29 is 4.74 Å². The van der Waals surface area contributed by atoms with Gasteiger partial charge in [-0.1, -0.05) is 57.0 Å². The standard InChI is InChI=1S/C20H30O/c1-6-16(3)17-10-12-18(13-11-17)19(4,5)21-20(7-2)14-8-9-15-20/h7,10-13,16H,2,6,8-9,14-15H2,1,3-5H3/t16-/m1/s1. The zero-order chi connectivity index (χ0) is 15.5. The summed E-state index contributed by atoms with van der Waals surface area (Å²) >= 11 is 0. The molecule has 0 N–H and O–H groups in total. The normalized spacial score (nSPS) is 19.4. The van der Waals surface area contributed by atoms with Gasteiger partial charge in [0, 0.05) is 0 Å². The van der Waals surface area contributed by atoms with Crippen molar-refractivity contribution in [1.82, 2.24) is 0 Å². The van der Waals surface area contributed by atoms with Crippen LogP contribution in [-0.4, -0.2) is 5.60 Å². The summed E-state index contributed by atoms with van der Waals surface area (Å²) in [7, 11) is 0. The number of ether oxygens (including phenoxy) is 1. The average molecular weight is 286 g/mol. The van der Waals surface area contributed by atoms with E-state index in [0.29, 0.717) is 5.92 Å². The summed E-state index contributed by atoms with van der Waals surface area (Å²) in [4.78, 5) is 0. The molecule has 0 heterocycles. The van der Waals surface area contributed by atoms with Crippen LogP contribution in [0.25, 0.3) is 0 Å². The van der Waals surface area contributed by atoms with Crippen molar-refractivity contribution in [2.24, 2.45) is 0 Å². The zero-order valence-corrected chi connectivity index (χ0v) is 14.1. The minimum atomic E-state index is -0.271. The molecule has 0 saturated heterocycles. The Bertz CT molecular complexity index is 463. The molecule has 116 valence electrons. The fourth-order valence-corrected chi connectivity index (χ4v) is 3.34. The van der Waals surface area contributed by atoms with Gasteiger partial charge in [0.25, 0.3) is 0 Å². The van der Waals surface area contributed by atoms with Gasteiger partial charge >= 0.3 is 0 Å². The van der Waals surface area contributed by atoms with Crippen LogP contribution in [0, 0.1) is 0 Å². The van der Waals surface area contributed by atoms with Crippen LogP contribution in [0.1, 0.15) is 76.8 Å². The second kappa shape index (κ2) is 6.36. The summed E-state index contributed by atoms with van der Waals surface area (Å²) in [5.74, 6) is 0.623. The predicted octanol–water partition coefficient (Wildman–Crippen LogP) is 5.95. The van der Waals surface area contributed by atoms with Crippen LogP contribution in [0.15, 0.2) is 36.9 Å². The van der Waals surface area contributed by atoms with Crippen LogP contribution in [0.3, 0.4) is 0 Å². The smallest absolute Gasteiger partial charge is 0.0887 e. The van der Waals surface area contributed by atoms with Gasteiger partial charge in [-0.25, -0.2) is 0 Å². The van der Waals surface area contributed by atoms with E-state index in [9.17, 15) is 0 Å². The Morgan fingerprint density at radius 1 is 1.24 bits per heavy atom. The molecule has 0 aliphatic heterocycles. The lowest BCUT2D eigenvalue weighted by Gasteiger charge is -2.37. The van der Waals surface area contributed by atoms with Crippen molar-refractivity contribution in [3.8, 4) is 0 Å². The maximum atomic E-state index is 6.53. The number of hydrogen-bond donors (Lipinski definition) is 0. The summed E-state index contributed by atoms with van der Waals surface area (Å²) in [6.45, 7) is 12.9. The van der Waals surface area contributed by atoms with E-state index in [1.165, 1.54) is 30.4 Å². The van der Waals surface area contributed by atoms with Gasteiger partial charge in [-0.3, -0.25) is 0 Å². The summed E-state index contributed by atoms with van der Waals surface area (Å²) < 4.78 is 6.53. The Morgan fingerprint density at radius 3 is 2.29 bits per heavy atom. The predicted molar refractivity (Wildman–Crippen MR) is 90.7 cm³/mol. The third-order valence-corrected chi connectivity index (χ3v) is 5.07. The lowest BCUT2D eigenvalue weighted by molar-refractivity contribution is -0.116. The van der Waals surface area contributed by atoms with E-state index in [2.05, 4.69) is 58.5 Å². The first-order valence-electron chi connectivity index (χ1n) is 8.37. The summed E-state index contributed by atoms with van der Waals surface area (Å²) in [6.07, 6.45) is 7.90. The highest BCUT2D eigenvalue weighted by Gasteiger charge is 2.37. The van der Waals surface area contributed by atoms with Gasteiger partial charge in [0.15, 0.2) is 0 Å². The van der Waals surface area contributed by atoms with Crippen molar-refractivity contribution in [1.29, 1.82) is 0 Å². The Labute approximate surface area is 130 Å². The number of rotatable bonds is 6. The van der Waals surface area contributed by atoms with Crippen molar-refractivity contribution in [2.75, 3.05) is 0 Å². The van der Waals surface area contributed by atoms with E-state index in [1.54, 1.807) is 0 Å². The molecule has 0 radical (unpaired) electrons. The second-order valence-corrected chi connectivity index (χ2v) is 7.02. The molecule has 1 saturated carbocycles. The number of hydrogen-bond acceptors (Lipinski definition) is 1. The molecular formula is C20H30O. The second-order valence-electron chi connectivity index (χ2n) is 7.02. The average Bonchev–Trinajstić information content (AvgIpc) is 2.95. The van der Waals surface area contributed by atoms with Gasteiger partial charge in [0.05, 0.1) is 11.2 Å². The van der Waals surface area contributed by atoms with Crippen LogP contribution >= 0.6 is 0 Å². The zero-order valence-electron chi connectivity index (χ0n) is 14.1. The Hall–Kier alpha value is -1.08. The van der Waals surface area contributed by atoms with E-state index < -0.39 is 0 Å². The van der Waals surface area contributed by atoms with Gasteiger partial charge in [0.1, 0.15) is 0 Å². The van der Waals surface area contributed by atoms with E-state index >= 15 is 0 Å². The highest BCUT2D eigenvalue weighted by atomic mass is 16.5. The molecule has 1 aliphatic carbocycles. The molecule has 1 aromatic carbocycles. The van der Waals surface area contributed by atoms with Crippen molar-refractivity contribution in [3.63, 3.8) is 0 Å². The van der Waals surface area contributed by atoms with Gasteiger partial charge in [-0.05, 0) is 50.2 Å². The lowest BCUT2D eigenvalue weighted by Crippen LogP contribution is -2.36. The molecule has 0 amide bonds.